The highest BCUT2D eigenvalue weighted by Gasteiger charge is 2.13. The van der Waals surface area contributed by atoms with Crippen LogP contribution in [-0.2, 0) is 6.54 Å². The van der Waals surface area contributed by atoms with Gasteiger partial charge < -0.3 is 10.2 Å². The quantitative estimate of drug-likeness (QED) is 0.892. The SMILES string of the molecule is CCNCc1cc(F)ccc1N(C)c1ccccc1F. The van der Waals surface area contributed by atoms with Crippen LogP contribution in [0.5, 0.6) is 0 Å². The Kier molecular flexibility index (Phi) is 4.69. The summed E-state index contributed by atoms with van der Waals surface area (Å²) < 4.78 is 27.3. The monoisotopic (exact) mass is 276 g/mol. The molecule has 1 N–H and O–H groups in total. The topological polar surface area (TPSA) is 15.3 Å². The summed E-state index contributed by atoms with van der Waals surface area (Å²) in [7, 11) is 1.78. The third kappa shape index (κ3) is 3.14. The van der Waals surface area contributed by atoms with Gasteiger partial charge in [0.15, 0.2) is 0 Å². The lowest BCUT2D eigenvalue weighted by molar-refractivity contribution is 0.620. The van der Waals surface area contributed by atoms with Crippen LogP contribution in [-0.4, -0.2) is 13.6 Å². The molecule has 106 valence electrons. The predicted molar refractivity (Wildman–Crippen MR) is 78.2 cm³/mol. The van der Waals surface area contributed by atoms with Crippen LogP contribution in [0.1, 0.15) is 12.5 Å². The van der Waals surface area contributed by atoms with E-state index >= 15 is 0 Å². The zero-order valence-corrected chi connectivity index (χ0v) is 11.7. The van der Waals surface area contributed by atoms with Crippen molar-refractivity contribution in [3.8, 4) is 0 Å². The average Bonchev–Trinajstić information content (AvgIpc) is 2.45. The second-order valence-corrected chi connectivity index (χ2v) is 4.56. The molecule has 0 aromatic heterocycles. The van der Waals surface area contributed by atoms with Crippen LogP contribution in [0.15, 0.2) is 42.5 Å². The minimum absolute atomic E-state index is 0.288. The smallest absolute Gasteiger partial charge is 0.146 e. The van der Waals surface area contributed by atoms with Crippen molar-refractivity contribution in [1.82, 2.24) is 5.32 Å². The summed E-state index contributed by atoms with van der Waals surface area (Å²) in [6.07, 6.45) is 0. The number of hydrogen-bond donors (Lipinski definition) is 1. The third-order valence-electron chi connectivity index (χ3n) is 3.18. The van der Waals surface area contributed by atoms with Crippen molar-refractivity contribution in [3.05, 3.63) is 59.7 Å². The van der Waals surface area contributed by atoms with Crippen LogP contribution in [0, 0.1) is 11.6 Å². The van der Waals surface area contributed by atoms with E-state index < -0.39 is 0 Å². The van der Waals surface area contributed by atoms with Crippen LogP contribution in [0.2, 0.25) is 0 Å². The Hall–Kier alpha value is -1.94. The van der Waals surface area contributed by atoms with Gasteiger partial charge in [-0.15, -0.1) is 0 Å². The first-order valence-electron chi connectivity index (χ1n) is 6.61. The molecule has 0 atom stereocenters. The lowest BCUT2D eigenvalue weighted by Gasteiger charge is -2.23. The molecule has 20 heavy (non-hydrogen) atoms. The van der Waals surface area contributed by atoms with E-state index in [2.05, 4.69) is 5.32 Å². The second-order valence-electron chi connectivity index (χ2n) is 4.56. The molecule has 0 radical (unpaired) electrons. The maximum Gasteiger partial charge on any atom is 0.146 e. The van der Waals surface area contributed by atoms with Crippen LogP contribution in [0.4, 0.5) is 20.2 Å². The molecule has 0 heterocycles. The lowest BCUT2D eigenvalue weighted by Crippen LogP contribution is -2.18. The van der Waals surface area contributed by atoms with Gasteiger partial charge in [-0.1, -0.05) is 19.1 Å². The van der Waals surface area contributed by atoms with Crippen molar-refractivity contribution in [2.45, 2.75) is 13.5 Å². The van der Waals surface area contributed by atoms with E-state index in [9.17, 15) is 8.78 Å². The van der Waals surface area contributed by atoms with E-state index in [-0.39, 0.29) is 11.6 Å². The summed E-state index contributed by atoms with van der Waals surface area (Å²) in [5, 5.41) is 3.17. The third-order valence-corrected chi connectivity index (χ3v) is 3.18. The van der Waals surface area contributed by atoms with Crippen LogP contribution < -0.4 is 10.2 Å². The first-order chi connectivity index (χ1) is 9.63. The largest absolute Gasteiger partial charge is 0.342 e. The number of hydrogen-bond acceptors (Lipinski definition) is 2. The molecule has 2 nitrogen and oxygen atoms in total. The molecular formula is C16H18F2N2. The highest BCUT2D eigenvalue weighted by Crippen LogP contribution is 2.29. The van der Waals surface area contributed by atoms with Gasteiger partial charge in [-0.3, -0.25) is 0 Å². The van der Waals surface area contributed by atoms with Crippen molar-refractivity contribution in [2.24, 2.45) is 0 Å². The molecule has 0 saturated carbocycles. The second kappa shape index (κ2) is 6.48. The molecule has 0 aliphatic rings. The van der Waals surface area contributed by atoms with Crippen molar-refractivity contribution < 1.29 is 8.78 Å². The average molecular weight is 276 g/mol. The van der Waals surface area contributed by atoms with Crippen molar-refractivity contribution >= 4 is 11.4 Å². The molecule has 0 saturated heterocycles. The highest BCUT2D eigenvalue weighted by molar-refractivity contribution is 5.66. The Morgan fingerprint density at radius 3 is 2.50 bits per heavy atom. The molecule has 2 aromatic carbocycles. The number of nitrogens with zero attached hydrogens (tertiary/aromatic N) is 1. The first kappa shape index (κ1) is 14.5. The predicted octanol–water partition coefficient (Wildman–Crippen LogP) is 3.84. The fourth-order valence-electron chi connectivity index (χ4n) is 2.14. The summed E-state index contributed by atoms with van der Waals surface area (Å²) in [4.78, 5) is 1.74. The van der Waals surface area contributed by atoms with Crippen molar-refractivity contribution in [2.75, 3.05) is 18.5 Å². The Morgan fingerprint density at radius 1 is 1.05 bits per heavy atom. The molecule has 0 bridgehead atoms. The van der Waals surface area contributed by atoms with Gasteiger partial charge in [0, 0.05) is 19.3 Å². The van der Waals surface area contributed by atoms with Gasteiger partial charge in [0.1, 0.15) is 11.6 Å². The van der Waals surface area contributed by atoms with Crippen LogP contribution in [0.3, 0.4) is 0 Å². The summed E-state index contributed by atoms with van der Waals surface area (Å²) >= 11 is 0. The molecule has 0 fully saturated rings. The van der Waals surface area contributed by atoms with Gasteiger partial charge in [-0.05, 0) is 42.4 Å². The Labute approximate surface area is 118 Å². The van der Waals surface area contributed by atoms with Crippen molar-refractivity contribution in [1.29, 1.82) is 0 Å². The standard InChI is InChI=1S/C16H18F2N2/c1-3-19-11-12-10-13(17)8-9-15(12)20(2)16-7-5-4-6-14(16)18/h4-10,19H,3,11H2,1-2H3. The summed E-state index contributed by atoms with van der Waals surface area (Å²) in [5.41, 5.74) is 2.06. The molecule has 2 aromatic rings. The number of anilines is 2. The fraction of sp³-hybridized carbons (Fsp3) is 0.250. The number of para-hydroxylation sites is 1. The minimum Gasteiger partial charge on any atom is -0.342 e. The van der Waals surface area contributed by atoms with Crippen molar-refractivity contribution in [3.63, 3.8) is 0 Å². The number of halogens is 2. The van der Waals surface area contributed by atoms with Gasteiger partial charge in [0.2, 0.25) is 0 Å². The lowest BCUT2D eigenvalue weighted by atomic mass is 10.1. The summed E-state index contributed by atoms with van der Waals surface area (Å²) in [5.74, 6) is -0.586. The van der Waals surface area contributed by atoms with E-state index in [0.29, 0.717) is 12.2 Å². The summed E-state index contributed by atoms with van der Waals surface area (Å²) in [6.45, 7) is 3.32. The molecule has 0 aliphatic carbocycles. The van der Waals surface area contributed by atoms with E-state index in [1.54, 1.807) is 36.2 Å². The molecular weight excluding hydrogens is 258 g/mol. The highest BCUT2D eigenvalue weighted by atomic mass is 19.1. The van der Waals surface area contributed by atoms with E-state index in [4.69, 9.17) is 0 Å². The maximum atomic E-state index is 13.9. The van der Waals surface area contributed by atoms with E-state index in [1.165, 1.54) is 18.2 Å². The Balaban J connectivity index is 2.38. The van der Waals surface area contributed by atoms with Gasteiger partial charge >= 0.3 is 0 Å². The van der Waals surface area contributed by atoms with Crippen LogP contribution >= 0.6 is 0 Å². The number of nitrogens with one attached hydrogen (secondary N) is 1. The maximum absolute atomic E-state index is 13.9. The van der Waals surface area contributed by atoms with Crippen LogP contribution in [0.25, 0.3) is 0 Å². The molecule has 0 spiro atoms. The molecule has 4 heteroatoms. The molecule has 2 rings (SSSR count). The minimum atomic E-state index is -0.297. The Bertz CT molecular complexity index is 584. The zero-order valence-electron chi connectivity index (χ0n) is 11.7. The normalized spacial score (nSPS) is 10.6. The number of rotatable bonds is 5. The van der Waals surface area contributed by atoms with Gasteiger partial charge in [-0.25, -0.2) is 8.78 Å². The van der Waals surface area contributed by atoms with E-state index in [1.807, 2.05) is 6.92 Å². The van der Waals surface area contributed by atoms with E-state index in [0.717, 1.165) is 17.8 Å². The molecule has 0 aliphatic heterocycles. The summed E-state index contributed by atoms with van der Waals surface area (Å²) in [6, 6.07) is 11.1. The van der Waals surface area contributed by atoms with Gasteiger partial charge in [0.05, 0.1) is 5.69 Å². The molecule has 0 amide bonds. The zero-order chi connectivity index (χ0) is 14.5. The number of benzene rings is 2. The van der Waals surface area contributed by atoms with Gasteiger partial charge in [-0.2, -0.15) is 0 Å². The fourth-order valence-corrected chi connectivity index (χ4v) is 2.14. The first-order valence-corrected chi connectivity index (χ1v) is 6.61. The van der Waals surface area contributed by atoms with Gasteiger partial charge in [0.25, 0.3) is 0 Å². The molecule has 0 unspecified atom stereocenters. The Morgan fingerprint density at radius 2 is 1.80 bits per heavy atom.